The molecule has 0 fully saturated rings. The Morgan fingerprint density at radius 2 is 0.915 bits per heavy atom. The second kappa shape index (κ2) is 15.9. The fourth-order valence-electron chi connectivity index (χ4n) is 12.4. The van der Waals surface area contributed by atoms with Crippen LogP contribution in [0.4, 0.5) is 0 Å². The van der Waals surface area contributed by atoms with E-state index in [9.17, 15) is 0 Å². The third-order valence-corrected chi connectivity index (χ3v) is 15.3. The van der Waals surface area contributed by atoms with Crippen LogP contribution in [0.3, 0.4) is 0 Å². The van der Waals surface area contributed by atoms with Crippen molar-refractivity contribution < 1.29 is 0 Å². The molecule has 2 atom stereocenters. The molecule has 11 aromatic rings. The lowest BCUT2D eigenvalue weighted by Gasteiger charge is -2.49. The molecular formula is C68H45N3. The topological polar surface area (TPSA) is 29.6 Å². The molecule has 1 aromatic heterocycles. The minimum absolute atomic E-state index is 0.530. The molecule has 0 amide bonds. The summed E-state index contributed by atoms with van der Waals surface area (Å²) in [6, 6.07) is 92.9. The van der Waals surface area contributed by atoms with Gasteiger partial charge in [0.15, 0.2) is 5.84 Å². The molecule has 3 heteroatoms. The van der Waals surface area contributed by atoms with Gasteiger partial charge in [-0.1, -0.05) is 225 Å². The molecule has 332 valence electrons. The number of fused-ring (bicyclic) bond motifs is 8. The van der Waals surface area contributed by atoms with Gasteiger partial charge in [0.2, 0.25) is 0 Å². The molecule has 0 saturated carbocycles. The summed E-state index contributed by atoms with van der Waals surface area (Å²) in [6.45, 7) is 4.79. The Labute approximate surface area is 413 Å². The Kier molecular flexibility index (Phi) is 9.18. The van der Waals surface area contributed by atoms with Gasteiger partial charge in [0, 0.05) is 33.2 Å². The Balaban J connectivity index is 0.981. The van der Waals surface area contributed by atoms with Crippen LogP contribution in [0.15, 0.2) is 283 Å². The van der Waals surface area contributed by atoms with Gasteiger partial charge >= 0.3 is 0 Å². The van der Waals surface area contributed by atoms with Crippen molar-refractivity contribution in [3.05, 3.63) is 334 Å². The Morgan fingerprint density at radius 3 is 1.68 bits per heavy atom. The van der Waals surface area contributed by atoms with Crippen LogP contribution in [0.2, 0.25) is 0 Å². The molecule has 1 aliphatic heterocycles. The summed E-state index contributed by atoms with van der Waals surface area (Å²) in [7, 11) is 0. The summed E-state index contributed by atoms with van der Waals surface area (Å²) in [6.07, 6.45) is 2.12. The van der Waals surface area contributed by atoms with Crippen molar-refractivity contribution in [3.8, 4) is 16.8 Å². The van der Waals surface area contributed by atoms with Crippen molar-refractivity contribution in [2.45, 2.75) is 10.8 Å². The number of para-hydroxylation sites is 2. The largest absolute Gasteiger partial charge is 0.309 e. The first-order valence-electron chi connectivity index (χ1n) is 24.4. The van der Waals surface area contributed by atoms with Crippen molar-refractivity contribution in [3.63, 3.8) is 0 Å². The third kappa shape index (κ3) is 5.90. The summed E-state index contributed by atoms with van der Waals surface area (Å²) < 4.78 is 2.35. The van der Waals surface area contributed by atoms with Crippen LogP contribution >= 0.6 is 0 Å². The van der Waals surface area contributed by atoms with Crippen LogP contribution in [-0.4, -0.2) is 16.1 Å². The maximum absolute atomic E-state index is 5.52. The first kappa shape index (κ1) is 40.8. The lowest BCUT2D eigenvalue weighted by molar-refractivity contribution is 0.626. The zero-order valence-corrected chi connectivity index (χ0v) is 38.9. The molecule has 2 aliphatic carbocycles. The van der Waals surface area contributed by atoms with Gasteiger partial charge in [0.25, 0.3) is 0 Å². The van der Waals surface area contributed by atoms with Crippen molar-refractivity contribution in [2.75, 3.05) is 0 Å². The minimum atomic E-state index is -0.710. The Hall–Kier alpha value is -9.18. The van der Waals surface area contributed by atoms with Crippen molar-refractivity contribution in [1.82, 2.24) is 4.57 Å². The van der Waals surface area contributed by atoms with Gasteiger partial charge in [0.05, 0.1) is 33.3 Å². The van der Waals surface area contributed by atoms with E-state index in [1.54, 1.807) is 0 Å². The van der Waals surface area contributed by atoms with Crippen molar-refractivity contribution in [2.24, 2.45) is 9.98 Å². The van der Waals surface area contributed by atoms with Crippen LogP contribution < -0.4 is 0 Å². The molecule has 71 heavy (non-hydrogen) atoms. The lowest BCUT2D eigenvalue weighted by Crippen LogP contribution is -2.44. The van der Waals surface area contributed by atoms with E-state index < -0.39 is 10.8 Å². The van der Waals surface area contributed by atoms with E-state index in [2.05, 4.69) is 259 Å². The molecule has 3 nitrogen and oxygen atoms in total. The second-order valence-corrected chi connectivity index (χ2v) is 18.9. The number of benzene rings is 10. The number of hydrogen-bond acceptors (Lipinski definition) is 2. The number of aromatic nitrogens is 1. The average molecular weight is 904 g/mol. The number of nitrogens with zero attached hydrogens (tertiary/aromatic N) is 3. The van der Waals surface area contributed by atoms with Crippen LogP contribution in [0.1, 0.15) is 61.2 Å². The van der Waals surface area contributed by atoms with Crippen LogP contribution in [0, 0.1) is 0 Å². The predicted molar refractivity (Wildman–Crippen MR) is 293 cm³/mol. The molecule has 0 radical (unpaired) electrons. The highest BCUT2D eigenvalue weighted by atomic mass is 15.0. The zero-order chi connectivity index (χ0) is 47.1. The predicted octanol–water partition coefficient (Wildman–Crippen LogP) is 15.7. The first-order valence-corrected chi connectivity index (χ1v) is 24.4. The van der Waals surface area contributed by atoms with E-state index in [0.717, 1.165) is 61.3 Å². The monoisotopic (exact) mass is 903 g/mol. The molecule has 0 saturated heterocycles. The maximum Gasteiger partial charge on any atom is 0.160 e. The lowest BCUT2D eigenvalue weighted by atomic mass is 9.51. The molecule has 2 unspecified atom stereocenters. The molecule has 0 N–H and O–H groups in total. The maximum atomic E-state index is 5.52. The smallest absolute Gasteiger partial charge is 0.160 e. The standard InChI is InChI=1S/C68H45N3/c1-45-42-61(47-40-41-63-56(44-47)54-33-15-19-39-62(54)71(63)52-30-12-5-13-31-52)69-66(46-22-6-2-7-23-46)70-65(45)48-24-20-29-51(43-48)67(49-25-8-3-9-26-49)58-36-17-18-37-59(58)68(50-27-10-4-11-28-50)57-35-16-14-32-53(57)55-34-21-38-60(67)64(55)68/h2-44H,1H2. The number of aliphatic imine (C=N–C) groups is 2. The van der Waals surface area contributed by atoms with Crippen molar-refractivity contribution in [1.29, 1.82) is 0 Å². The van der Waals surface area contributed by atoms with Gasteiger partial charge in [-0.25, -0.2) is 9.98 Å². The first-order chi connectivity index (χ1) is 35.1. The number of hydrogen-bond donors (Lipinski definition) is 0. The molecule has 0 spiro atoms. The molecule has 2 heterocycles. The number of allylic oxidation sites excluding steroid dienone is 2. The van der Waals surface area contributed by atoms with E-state index in [1.165, 1.54) is 55.5 Å². The second-order valence-electron chi connectivity index (χ2n) is 18.9. The Bertz CT molecular complexity index is 4050. The van der Waals surface area contributed by atoms with Gasteiger partial charge in [-0.3, -0.25) is 0 Å². The van der Waals surface area contributed by atoms with Crippen LogP contribution in [0.5, 0.6) is 0 Å². The fourth-order valence-corrected chi connectivity index (χ4v) is 12.4. The average Bonchev–Trinajstić information content (AvgIpc) is 3.87. The van der Waals surface area contributed by atoms with Gasteiger partial charge in [-0.05, 0) is 104 Å². The highest BCUT2D eigenvalue weighted by Crippen LogP contribution is 2.65. The highest BCUT2D eigenvalue weighted by Gasteiger charge is 2.57. The van der Waals surface area contributed by atoms with Gasteiger partial charge in [0.1, 0.15) is 0 Å². The normalized spacial score (nSPS) is 17.7. The molecular weight excluding hydrogens is 859 g/mol. The van der Waals surface area contributed by atoms with E-state index >= 15 is 0 Å². The summed E-state index contributed by atoms with van der Waals surface area (Å²) in [5.74, 6) is 0.634. The minimum Gasteiger partial charge on any atom is -0.309 e. The van der Waals surface area contributed by atoms with Gasteiger partial charge in [-0.2, -0.15) is 0 Å². The Morgan fingerprint density at radius 1 is 0.366 bits per heavy atom. The van der Waals surface area contributed by atoms with E-state index in [4.69, 9.17) is 16.6 Å². The molecule has 14 rings (SSSR count). The summed E-state index contributed by atoms with van der Waals surface area (Å²) in [5, 5.41) is 2.35. The SMILES string of the molecule is C=C1C=C(c2ccc3c(c2)c2ccccc2n3-c2ccccc2)N=C(c2ccccc2)N=C1c1cccc(C2(c3ccccc3)c3ccccc3C3(c4ccccc4)c4ccccc4-c4cccc2c43)c1. The summed E-state index contributed by atoms with van der Waals surface area (Å²) in [5.41, 5.74) is 20.1. The molecule has 10 aromatic carbocycles. The molecule has 3 aliphatic rings. The fraction of sp³-hybridized carbons (Fsp3) is 0.0294. The third-order valence-electron chi connectivity index (χ3n) is 15.3. The van der Waals surface area contributed by atoms with E-state index in [0.29, 0.717) is 5.84 Å². The van der Waals surface area contributed by atoms with Crippen molar-refractivity contribution >= 4 is 39.1 Å². The van der Waals surface area contributed by atoms with Gasteiger partial charge < -0.3 is 4.57 Å². The van der Waals surface area contributed by atoms with Crippen LogP contribution in [0.25, 0.3) is 44.3 Å². The van der Waals surface area contributed by atoms with E-state index in [-0.39, 0.29) is 0 Å². The molecule has 0 bridgehead atoms. The zero-order valence-electron chi connectivity index (χ0n) is 38.9. The van der Waals surface area contributed by atoms with Crippen LogP contribution in [-0.2, 0) is 10.8 Å². The van der Waals surface area contributed by atoms with E-state index in [1.807, 2.05) is 6.07 Å². The number of rotatable bonds is 7. The highest BCUT2D eigenvalue weighted by molar-refractivity contribution is 6.23. The summed E-state index contributed by atoms with van der Waals surface area (Å²) in [4.78, 5) is 11.0. The summed E-state index contributed by atoms with van der Waals surface area (Å²) >= 11 is 0. The number of amidine groups is 1. The van der Waals surface area contributed by atoms with Gasteiger partial charge in [-0.15, -0.1) is 0 Å². The quantitative estimate of drug-likeness (QED) is 0.153.